The van der Waals surface area contributed by atoms with E-state index in [1.807, 2.05) is 47.8 Å². The zero-order chi connectivity index (χ0) is 19.3. The van der Waals surface area contributed by atoms with Gasteiger partial charge in [0.2, 0.25) is 11.7 Å². The molecule has 0 aliphatic carbocycles. The first kappa shape index (κ1) is 18.0. The van der Waals surface area contributed by atoms with E-state index in [4.69, 9.17) is 0 Å². The van der Waals surface area contributed by atoms with E-state index in [-0.39, 0.29) is 24.3 Å². The molecule has 8 heteroatoms. The fourth-order valence-electron chi connectivity index (χ4n) is 2.78. The molecule has 2 heterocycles. The van der Waals surface area contributed by atoms with E-state index >= 15 is 0 Å². The Labute approximate surface area is 164 Å². The number of amides is 1. The minimum Gasteiger partial charge on any atom is -0.343 e. The topological polar surface area (TPSA) is 72.7 Å². The first-order valence-corrected chi connectivity index (χ1v) is 9.48. The van der Waals surface area contributed by atoms with Crippen LogP contribution in [0, 0.1) is 5.82 Å². The molecular weight excluding hydrogens is 377 g/mol. The number of aromatic nitrogens is 4. The molecule has 0 saturated carbocycles. The summed E-state index contributed by atoms with van der Waals surface area (Å²) in [6, 6.07) is 19.0. The lowest BCUT2D eigenvalue weighted by atomic mass is 10.1. The fourth-order valence-corrected chi connectivity index (χ4v) is 3.58. The summed E-state index contributed by atoms with van der Waals surface area (Å²) in [5.74, 6) is -0.123. The number of nitrogens with zero attached hydrogens (tertiary/aromatic N) is 4. The monoisotopic (exact) mass is 393 g/mol. The summed E-state index contributed by atoms with van der Waals surface area (Å²) in [5.41, 5.74) is 1.63. The summed E-state index contributed by atoms with van der Waals surface area (Å²) >= 11 is 1.52. The van der Waals surface area contributed by atoms with Gasteiger partial charge in [0, 0.05) is 10.4 Å². The second-order valence-electron chi connectivity index (χ2n) is 6.08. The highest BCUT2D eigenvalue weighted by atomic mass is 32.1. The number of thiophene rings is 1. The molecule has 0 aliphatic rings. The van der Waals surface area contributed by atoms with Crippen LogP contribution in [0.2, 0.25) is 0 Å². The van der Waals surface area contributed by atoms with Gasteiger partial charge in [0.05, 0.1) is 6.04 Å². The third-order valence-corrected chi connectivity index (χ3v) is 5.04. The van der Waals surface area contributed by atoms with Crippen LogP contribution in [0.3, 0.4) is 0 Å². The van der Waals surface area contributed by atoms with Crippen LogP contribution in [0.1, 0.15) is 16.5 Å². The largest absolute Gasteiger partial charge is 0.343 e. The van der Waals surface area contributed by atoms with Crippen molar-refractivity contribution in [2.75, 3.05) is 0 Å². The summed E-state index contributed by atoms with van der Waals surface area (Å²) < 4.78 is 13.3. The third kappa shape index (κ3) is 4.12. The molecule has 0 fully saturated rings. The molecule has 28 heavy (non-hydrogen) atoms. The Kier molecular flexibility index (Phi) is 5.20. The standard InChI is InChI=1S/C20H16FN5OS/c21-16-10-8-14(9-11-16)19(17-7-4-12-28-17)22-18(27)13-26-24-20(23-25-26)15-5-2-1-3-6-15/h1-12,19H,13H2,(H,22,27)/t19-/m0/s1. The van der Waals surface area contributed by atoms with E-state index in [2.05, 4.69) is 20.7 Å². The maximum absolute atomic E-state index is 13.3. The Morgan fingerprint density at radius 1 is 1.07 bits per heavy atom. The quantitative estimate of drug-likeness (QED) is 0.545. The van der Waals surface area contributed by atoms with Crippen LogP contribution >= 0.6 is 11.3 Å². The predicted molar refractivity (Wildman–Crippen MR) is 104 cm³/mol. The maximum atomic E-state index is 13.3. The van der Waals surface area contributed by atoms with Crippen LogP contribution < -0.4 is 5.32 Å². The van der Waals surface area contributed by atoms with E-state index in [0.29, 0.717) is 5.82 Å². The van der Waals surface area contributed by atoms with Gasteiger partial charge in [-0.25, -0.2) is 4.39 Å². The smallest absolute Gasteiger partial charge is 0.244 e. The Hall–Kier alpha value is -3.39. The average Bonchev–Trinajstić information content (AvgIpc) is 3.40. The Balaban J connectivity index is 1.49. The van der Waals surface area contributed by atoms with Crippen molar-refractivity contribution in [2.45, 2.75) is 12.6 Å². The van der Waals surface area contributed by atoms with E-state index in [1.165, 1.54) is 28.3 Å². The maximum Gasteiger partial charge on any atom is 0.244 e. The van der Waals surface area contributed by atoms with Crippen molar-refractivity contribution >= 4 is 17.2 Å². The van der Waals surface area contributed by atoms with Crippen LogP contribution in [0.4, 0.5) is 4.39 Å². The highest BCUT2D eigenvalue weighted by molar-refractivity contribution is 7.10. The van der Waals surface area contributed by atoms with Crippen molar-refractivity contribution in [2.24, 2.45) is 0 Å². The van der Waals surface area contributed by atoms with E-state index in [1.54, 1.807) is 12.1 Å². The van der Waals surface area contributed by atoms with E-state index in [0.717, 1.165) is 16.0 Å². The van der Waals surface area contributed by atoms with Gasteiger partial charge >= 0.3 is 0 Å². The highest BCUT2D eigenvalue weighted by Crippen LogP contribution is 2.26. The van der Waals surface area contributed by atoms with E-state index < -0.39 is 0 Å². The summed E-state index contributed by atoms with van der Waals surface area (Å²) in [7, 11) is 0. The molecule has 2 aromatic carbocycles. The van der Waals surface area contributed by atoms with E-state index in [9.17, 15) is 9.18 Å². The molecule has 1 N–H and O–H groups in total. The highest BCUT2D eigenvalue weighted by Gasteiger charge is 2.19. The molecule has 4 aromatic rings. The van der Waals surface area contributed by atoms with Gasteiger partial charge in [-0.05, 0) is 34.4 Å². The zero-order valence-corrected chi connectivity index (χ0v) is 15.5. The number of hydrogen-bond acceptors (Lipinski definition) is 5. The number of tetrazole rings is 1. The molecule has 0 bridgehead atoms. The van der Waals surface area contributed by atoms with Gasteiger partial charge < -0.3 is 5.32 Å². The molecule has 2 aromatic heterocycles. The lowest BCUT2D eigenvalue weighted by Gasteiger charge is -2.18. The summed E-state index contributed by atoms with van der Waals surface area (Å²) in [6.45, 7) is -0.0666. The Morgan fingerprint density at radius 2 is 1.86 bits per heavy atom. The van der Waals surface area contributed by atoms with Crippen LogP contribution in [0.5, 0.6) is 0 Å². The van der Waals surface area contributed by atoms with Crippen molar-refractivity contribution < 1.29 is 9.18 Å². The molecule has 4 rings (SSSR count). The molecular formula is C20H16FN5OS. The van der Waals surface area contributed by atoms with Crippen LogP contribution in [0.25, 0.3) is 11.4 Å². The lowest BCUT2D eigenvalue weighted by molar-refractivity contribution is -0.122. The average molecular weight is 393 g/mol. The van der Waals surface area contributed by atoms with Crippen LogP contribution in [-0.2, 0) is 11.3 Å². The van der Waals surface area contributed by atoms with Crippen molar-refractivity contribution in [3.63, 3.8) is 0 Å². The zero-order valence-electron chi connectivity index (χ0n) is 14.7. The Bertz CT molecular complexity index is 1050. The van der Waals surface area contributed by atoms with Gasteiger partial charge in [0.25, 0.3) is 0 Å². The molecule has 0 saturated heterocycles. The number of nitrogens with one attached hydrogen (secondary N) is 1. The first-order chi connectivity index (χ1) is 13.7. The molecule has 1 atom stereocenters. The van der Waals surface area contributed by atoms with Crippen molar-refractivity contribution in [1.29, 1.82) is 0 Å². The van der Waals surface area contributed by atoms with Crippen molar-refractivity contribution in [1.82, 2.24) is 25.5 Å². The number of carbonyl (C=O) groups excluding carboxylic acids is 1. The van der Waals surface area contributed by atoms with Gasteiger partial charge in [-0.15, -0.1) is 21.5 Å². The van der Waals surface area contributed by atoms with Gasteiger partial charge in [-0.3, -0.25) is 4.79 Å². The number of hydrogen-bond donors (Lipinski definition) is 1. The number of halogens is 1. The summed E-state index contributed by atoms with van der Waals surface area (Å²) in [6.07, 6.45) is 0. The third-order valence-electron chi connectivity index (χ3n) is 4.11. The number of carbonyl (C=O) groups is 1. The van der Waals surface area contributed by atoms with Gasteiger partial charge in [0.1, 0.15) is 12.4 Å². The Morgan fingerprint density at radius 3 is 2.57 bits per heavy atom. The normalized spacial score (nSPS) is 11.9. The molecule has 0 radical (unpaired) electrons. The minimum absolute atomic E-state index is 0.0666. The summed E-state index contributed by atoms with van der Waals surface area (Å²) in [4.78, 5) is 14.8. The molecule has 6 nitrogen and oxygen atoms in total. The SMILES string of the molecule is O=C(Cn1nnc(-c2ccccc2)n1)N[C@@H](c1ccc(F)cc1)c1cccs1. The predicted octanol–water partition coefficient (Wildman–Crippen LogP) is 3.45. The molecule has 1 amide bonds. The minimum atomic E-state index is -0.370. The molecule has 140 valence electrons. The second kappa shape index (κ2) is 8.10. The number of rotatable bonds is 6. The molecule has 0 unspecified atom stereocenters. The van der Waals surface area contributed by atoms with Gasteiger partial charge in [0.15, 0.2) is 0 Å². The van der Waals surface area contributed by atoms with Gasteiger partial charge in [-0.1, -0.05) is 48.5 Å². The van der Waals surface area contributed by atoms with Crippen LogP contribution in [0.15, 0.2) is 72.1 Å². The lowest BCUT2D eigenvalue weighted by Crippen LogP contribution is -2.32. The fraction of sp³-hybridized carbons (Fsp3) is 0.100. The first-order valence-electron chi connectivity index (χ1n) is 8.60. The second-order valence-corrected chi connectivity index (χ2v) is 7.06. The van der Waals surface area contributed by atoms with Crippen molar-refractivity contribution in [3.8, 4) is 11.4 Å². The molecule has 0 aliphatic heterocycles. The van der Waals surface area contributed by atoms with Crippen molar-refractivity contribution in [3.05, 3.63) is 88.4 Å². The van der Waals surface area contributed by atoms with Gasteiger partial charge in [-0.2, -0.15) is 4.80 Å². The number of benzene rings is 2. The molecule has 0 spiro atoms. The summed E-state index contributed by atoms with van der Waals surface area (Å²) in [5, 5.41) is 17.1. The van der Waals surface area contributed by atoms with Crippen LogP contribution in [-0.4, -0.2) is 26.1 Å².